The summed E-state index contributed by atoms with van der Waals surface area (Å²) in [4.78, 5) is 4.46. The second-order valence-corrected chi connectivity index (χ2v) is 7.27. The Morgan fingerprint density at radius 3 is 2.87 bits per heavy atom. The van der Waals surface area contributed by atoms with Crippen LogP contribution >= 0.6 is 12.4 Å². The summed E-state index contributed by atoms with van der Waals surface area (Å²) in [7, 11) is 0. The van der Waals surface area contributed by atoms with Crippen molar-refractivity contribution in [2.24, 2.45) is 0 Å². The molecule has 0 saturated carbocycles. The molecule has 114 valence electrons. The van der Waals surface area contributed by atoms with E-state index >= 15 is 0 Å². The maximum absolute atomic E-state index is 9.17. The van der Waals surface area contributed by atoms with Gasteiger partial charge >= 0.3 is 138 Å². The SMILES string of the molecule is Cl.N#Cc1ccc2c(c1)c1c(n2Cc2ccccn2)CC([As])C1. The number of hydrogen-bond acceptors (Lipinski definition) is 2. The molecule has 0 aliphatic heterocycles. The standard InChI is InChI=1S/C18H14AsN3.ClH/c19-13-8-16-15-7-12(10-20)4-5-17(15)22(18(16)9-13)11-14-3-1-2-6-21-14;/h1-7,13H,8-9,11H2;1H. The van der Waals surface area contributed by atoms with Gasteiger partial charge in [0.1, 0.15) is 0 Å². The van der Waals surface area contributed by atoms with E-state index in [9.17, 15) is 0 Å². The van der Waals surface area contributed by atoms with Gasteiger partial charge in [-0.3, -0.25) is 0 Å². The van der Waals surface area contributed by atoms with Gasteiger partial charge in [-0.1, -0.05) is 0 Å². The molecule has 0 bridgehead atoms. The summed E-state index contributed by atoms with van der Waals surface area (Å²) < 4.78 is 2.99. The van der Waals surface area contributed by atoms with Crippen LogP contribution in [0.15, 0.2) is 42.6 Å². The van der Waals surface area contributed by atoms with Gasteiger partial charge in [-0.25, -0.2) is 0 Å². The van der Waals surface area contributed by atoms with Gasteiger partial charge in [-0.15, -0.1) is 12.4 Å². The van der Waals surface area contributed by atoms with E-state index in [1.54, 1.807) is 0 Å². The minimum absolute atomic E-state index is 0. The summed E-state index contributed by atoms with van der Waals surface area (Å²) >= 11 is 2.78. The third kappa shape index (κ3) is 2.78. The van der Waals surface area contributed by atoms with E-state index < -0.39 is 0 Å². The Balaban J connectivity index is 0.00000156. The molecule has 2 radical (unpaired) electrons. The summed E-state index contributed by atoms with van der Waals surface area (Å²) in [6.07, 6.45) is 4.00. The van der Waals surface area contributed by atoms with E-state index in [1.165, 1.54) is 22.2 Å². The van der Waals surface area contributed by atoms with E-state index in [0.29, 0.717) is 4.71 Å². The number of halogens is 1. The van der Waals surface area contributed by atoms with Crippen LogP contribution in [0.1, 0.15) is 22.5 Å². The average Bonchev–Trinajstić information content (AvgIpc) is 3.05. The van der Waals surface area contributed by atoms with Crippen LogP contribution in [-0.2, 0) is 19.4 Å². The first kappa shape index (κ1) is 16.1. The van der Waals surface area contributed by atoms with Gasteiger partial charge in [0.2, 0.25) is 0 Å². The predicted octanol–water partition coefficient (Wildman–Crippen LogP) is 3.43. The topological polar surface area (TPSA) is 41.6 Å². The van der Waals surface area contributed by atoms with E-state index in [2.05, 4.69) is 44.6 Å². The number of pyridine rings is 1. The maximum atomic E-state index is 9.17. The van der Waals surface area contributed by atoms with E-state index in [0.717, 1.165) is 30.6 Å². The Morgan fingerprint density at radius 1 is 1.26 bits per heavy atom. The van der Waals surface area contributed by atoms with Gasteiger partial charge in [-0.05, 0) is 0 Å². The van der Waals surface area contributed by atoms with Crippen LogP contribution in [0.25, 0.3) is 10.9 Å². The molecule has 3 aromatic rings. The van der Waals surface area contributed by atoms with Gasteiger partial charge in [0.15, 0.2) is 0 Å². The van der Waals surface area contributed by atoms with Crippen molar-refractivity contribution < 1.29 is 0 Å². The first-order valence-corrected chi connectivity index (χ1v) is 8.46. The van der Waals surface area contributed by atoms with Crippen LogP contribution in [0.4, 0.5) is 0 Å². The van der Waals surface area contributed by atoms with Gasteiger partial charge in [-0.2, -0.15) is 0 Å². The van der Waals surface area contributed by atoms with Crippen LogP contribution in [0.3, 0.4) is 0 Å². The number of fused-ring (bicyclic) bond motifs is 3. The molecule has 5 heteroatoms. The third-order valence-corrected chi connectivity index (χ3v) is 5.10. The molecule has 1 aliphatic rings. The first-order chi connectivity index (χ1) is 10.8. The van der Waals surface area contributed by atoms with Crippen LogP contribution in [-0.4, -0.2) is 26.4 Å². The molecule has 2 heterocycles. The normalized spacial score (nSPS) is 15.9. The van der Waals surface area contributed by atoms with Crippen molar-refractivity contribution in [2.75, 3.05) is 0 Å². The summed E-state index contributed by atoms with van der Waals surface area (Å²) in [6.45, 7) is 0.790. The zero-order valence-electron chi connectivity index (χ0n) is 12.4. The second kappa shape index (κ2) is 6.40. The second-order valence-electron chi connectivity index (χ2n) is 5.74. The molecule has 2 aromatic heterocycles. The molecule has 0 N–H and O–H groups in total. The van der Waals surface area contributed by atoms with Gasteiger partial charge in [0.25, 0.3) is 0 Å². The number of nitrogens with zero attached hydrogens (tertiary/aromatic N) is 3. The molecule has 1 aliphatic carbocycles. The monoisotopic (exact) mass is 383 g/mol. The van der Waals surface area contributed by atoms with E-state index in [4.69, 9.17) is 5.26 Å². The summed E-state index contributed by atoms with van der Waals surface area (Å²) in [5.41, 5.74) is 5.84. The molecule has 1 atom stereocenters. The fourth-order valence-corrected chi connectivity index (χ4v) is 4.12. The molecule has 0 amide bonds. The average molecular weight is 384 g/mol. The fraction of sp³-hybridized carbons (Fsp3) is 0.222. The zero-order valence-corrected chi connectivity index (χ0v) is 15.1. The molecule has 1 aromatic carbocycles. The number of benzene rings is 1. The zero-order chi connectivity index (χ0) is 15.1. The van der Waals surface area contributed by atoms with Crippen LogP contribution in [0.5, 0.6) is 0 Å². The summed E-state index contributed by atoms with van der Waals surface area (Å²) in [6, 6.07) is 14.3. The molecular weight excluding hydrogens is 369 g/mol. The Bertz CT molecular complexity index is 896. The molecule has 1 unspecified atom stereocenters. The summed E-state index contributed by atoms with van der Waals surface area (Å²) in [5, 5.41) is 10.4. The molecular formula is C18H15AsClN3. The fourth-order valence-electron chi connectivity index (χ4n) is 3.37. The van der Waals surface area contributed by atoms with Gasteiger partial charge < -0.3 is 0 Å². The van der Waals surface area contributed by atoms with E-state index in [1.807, 2.05) is 30.5 Å². The number of rotatable bonds is 2. The Labute approximate surface area is 150 Å². The quantitative estimate of drug-likeness (QED) is 0.636. The third-order valence-electron chi connectivity index (χ3n) is 4.33. The van der Waals surface area contributed by atoms with Crippen molar-refractivity contribution in [3.8, 4) is 6.07 Å². The van der Waals surface area contributed by atoms with Crippen molar-refractivity contribution in [2.45, 2.75) is 24.1 Å². The van der Waals surface area contributed by atoms with Crippen LogP contribution < -0.4 is 0 Å². The van der Waals surface area contributed by atoms with Crippen molar-refractivity contribution in [1.82, 2.24) is 9.55 Å². The van der Waals surface area contributed by atoms with Crippen LogP contribution in [0.2, 0.25) is 4.71 Å². The number of hydrogen-bond donors (Lipinski definition) is 0. The van der Waals surface area contributed by atoms with Crippen molar-refractivity contribution in [1.29, 1.82) is 5.26 Å². The summed E-state index contributed by atoms with van der Waals surface area (Å²) in [5.74, 6) is 0. The van der Waals surface area contributed by atoms with Gasteiger partial charge in [0.05, 0.1) is 0 Å². The predicted molar refractivity (Wildman–Crippen MR) is 94.2 cm³/mol. The Hall–Kier alpha value is -1.75. The molecule has 0 saturated heterocycles. The Morgan fingerprint density at radius 2 is 2.13 bits per heavy atom. The molecule has 0 fully saturated rings. The van der Waals surface area contributed by atoms with Crippen molar-refractivity contribution >= 4 is 40.2 Å². The van der Waals surface area contributed by atoms with Crippen molar-refractivity contribution in [3.63, 3.8) is 0 Å². The van der Waals surface area contributed by atoms with Gasteiger partial charge in [0, 0.05) is 0 Å². The van der Waals surface area contributed by atoms with E-state index in [-0.39, 0.29) is 12.4 Å². The first-order valence-electron chi connectivity index (χ1n) is 7.38. The molecule has 3 nitrogen and oxygen atoms in total. The Kier molecular flexibility index (Phi) is 4.48. The number of nitriles is 1. The number of aromatic nitrogens is 2. The molecule has 4 rings (SSSR count). The molecule has 23 heavy (non-hydrogen) atoms. The van der Waals surface area contributed by atoms with Crippen LogP contribution in [0, 0.1) is 11.3 Å². The minimum atomic E-state index is 0. The van der Waals surface area contributed by atoms with Crippen molar-refractivity contribution in [3.05, 3.63) is 65.1 Å². The molecule has 0 spiro atoms.